The molecule has 0 aliphatic rings. The molecule has 32 heavy (non-hydrogen) atoms. The van der Waals surface area contributed by atoms with Crippen molar-refractivity contribution in [3.8, 4) is 11.5 Å². The molecule has 0 bridgehead atoms. The Hall–Kier alpha value is -3.22. The molecular weight excluding hydrogens is 453 g/mol. The first kappa shape index (κ1) is 23.4. The molecule has 8 heteroatoms. The number of hydrogen-bond donors (Lipinski definition) is 1. The number of carboxylic acids is 1. The van der Waals surface area contributed by atoms with E-state index in [0.717, 1.165) is 11.1 Å². The molecule has 0 aliphatic heterocycles. The third kappa shape index (κ3) is 6.15. The van der Waals surface area contributed by atoms with E-state index < -0.39 is 5.97 Å². The average Bonchev–Trinajstić information content (AvgIpc) is 2.78. The van der Waals surface area contributed by atoms with Gasteiger partial charge in [-0.15, -0.1) is 0 Å². The summed E-state index contributed by atoms with van der Waals surface area (Å²) in [5.74, 6) is -0.310. The molecule has 0 aromatic heterocycles. The highest BCUT2D eigenvalue weighted by molar-refractivity contribution is 6.42. The fraction of sp³-hybridized carbons (Fsp3) is 0.167. The van der Waals surface area contributed by atoms with Gasteiger partial charge < -0.3 is 19.4 Å². The van der Waals surface area contributed by atoms with Gasteiger partial charge in [-0.25, -0.2) is 4.79 Å². The fourth-order valence-electron chi connectivity index (χ4n) is 3.03. The Morgan fingerprint density at radius 2 is 1.62 bits per heavy atom. The van der Waals surface area contributed by atoms with E-state index >= 15 is 0 Å². The Labute approximate surface area is 195 Å². The molecule has 0 fully saturated rings. The number of ether oxygens (including phenoxy) is 2. The molecule has 166 valence electrons. The Balaban J connectivity index is 1.66. The summed E-state index contributed by atoms with van der Waals surface area (Å²) in [6, 6.07) is 20.0. The highest BCUT2D eigenvalue weighted by Gasteiger charge is 2.17. The van der Waals surface area contributed by atoms with Gasteiger partial charge in [0.25, 0.3) is 0 Å². The van der Waals surface area contributed by atoms with E-state index in [-0.39, 0.29) is 12.3 Å². The van der Waals surface area contributed by atoms with Gasteiger partial charge in [0, 0.05) is 24.1 Å². The SMILES string of the molecule is CON=C(C(=O)O)c1ccccc1CCOc1cc(Cl)c(OCc2ccccc2)c(Cl)c1. The Bertz CT molecular complexity index is 1080. The normalized spacial score (nSPS) is 11.2. The zero-order valence-electron chi connectivity index (χ0n) is 17.3. The number of hydrogen-bond acceptors (Lipinski definition) is 5. The number of halogens is 2. The maximum Gasteiger partial charge on any atom is 0.358 e. The second-order valence-corrected chi connectivity index (χ2v) is 7.49. The predicted octanol–water partition coefficient (Wildman–Crippen LogP) is 5.63. The summed E-state index contributed by atoms with van der Waals surface area (Å²) in [6.07, 6.45) is 0.438. The molecule has 0 aliphatic carbocycles. The van der Waals surface area contributed by atoms with Crippen LogP contribution in [0.4, 0.5) is 0 Å². The first-order chi connectivity index (χ1) is 15.5. The molecule has 0 radical (unpaired) electrons. The molecule has 0 spiro atoms. The lowest BCUT2D eigenvalue weighted by molar-refractivity contribution is -0.129. The van der Waals surface area contributed by atoms with Crippen molar-refractivity contribution in [1.29, 1.82) is 0 Å². The molecule has 0 saturated heterocycles. The van der Waals surface area contributed by atoms with E-state index in [4.69, 9.17) is 32.7 Å². The highest BCUT2D eigenvalue weighted by atomic mass is 35.5. The third-order valence-corrected chi connectivity index (χ3v) is 5.06. The minimum absolute atomic E-state index is 0.172. The Kier molecular flexibility index (Phi) is 8.36. The van der Waals surface area contributed by atoms with Crippen LogP contribution < -0.4 is 9.47 Å². The third-order valence-electron chi connectivity index (χ3n) is 4.50. The lowest BCUT2D eigenvalue weighted by atomic mass is 10.0. The summed E-state index contributed by atoms with van der Waals surface area (Å²) in [5, 5.41) is 13.7. The average molecular weight is 474 g/mol. The van der Waals surface area contributed by atoms with Crippen molar-refractivity contribution in [1.82, 2.24) is 0 Å². The molecule has 0 atom stereocenters. The van der Waals surface area contributed by atoms with Crippen molar-refractivity contribution < 1.29 is 24.2 Å². The van der Waals surface area contributed by atoms with Crippen molar-refractivity contribution in [2.75, 3.05) is 13.7 Å². The quantitative estimate of drug-likeness (QED) is 0.305. The molecule has 3 aromatic carbocycles. The molecule has 0 saturated carbocycles. The first-order valence-corrected chi connectivity index (χ1v) is 10.5. The van der Waals surface area contributed by atoms with E-state index in [2.05, 4.69) is 9.99 Å². The van der Waals surface area contributed by atoms with Crippen LogP contribution in [0, 0.1) is 0 Å². The summed E-state index contributed by atoms with van der Waals surface area (Å²) >= 11 is 12.7. The van der Waals surface area contributed by atoms with Crippen LogP contribution in [0.5, 0.6) is 11.5 Å². The van der Waals surface area contributed by atoms with E-state index in [1.807, 2.05) is 42.5 Å². The molecule has 0 heterocycles. The number of carboxylic acid groups (broad SMARTS) is 1. The largest absolute Gasteiger partial charge is 0.493 e. The van der Waals surface area contributed by atoms with Crippen molar-refractivity contribution in [2.45, 2.75) is 13.0 Å². The van der Waals surface area contributed by atoms with E-state index in [1.54, 1.807) is 24.3 Å². The van der Waals surface area contributed by atoms with E-state index in [9.17, 15) is 9.90 Å². The topological polar surface area (TPSA) is 77.4 Å². The predicted molar refractivity (Wildman–Crippen MR) is 124 cm³/mol. The maximum atomic E-state index is 11.5. The lowest BCUT2D eigenvalue weighted by Gasteiger charge is -2.13. The molecule has 0 amide bonds. The second kappa shape index (κ2) is 11.4. The van der Waals surface area contributed by atoms with Gasteiger partial charge in [0.15, 0.2) is 11.5 Å². The summed E-state index contributed by atoms with van der Waals surface area (Å²) in [5.41, 5.74) is 2.04. The number of benzene rings is 3. The van der Waals surface area contributed by atoms with Gasteiger partial charge >= 0.3 is 5.97 Å². The van der Waals surface area contributed by atoms with Gasteiger partial charge in [-0.1, -0.05) is 83.0 Å². The Morgan fingerprint density at radius 1 is 0.969 bits per heavy atom. The van der Waals surface area contributed by atoms with Gasteiger partial charge in [-0.3, -0.25) is 0 Å². The molecule has 0 unspecified atom stereocenters. The van der Waals surface area contributed by atoms with Gasteiger partial charge in [0.2, 0.25) is 0 Å². The monoisotopic (exact) mass is 473 g/mol. The van der Waals surface area contributed by atoms with Crippen LogP contribution in [0.2, 0.25) is 10.0 Å². The summed E-state index contributed by atoms with van der Waals surface area (Å²) in [7, 11) is 1.30. The molecule has 6 nitrogen and oxygen atoms in total. The first-order valence-electron chi connectivity index (χ1n) is 9.71. The molecule has 3 rings (SSSR count). The zero-order chi connectivity index (χ0) is 22.9. The molecular formula is C24H21Cl2NO5. The second-order valence-electron chi connectivity index (χ2n) is 6.67. The van der Waals surface area contributed by atoms with Crippen molar-refractivity contribution in [3.05, 3.63) is 93.5 Å². The van der Waals surface area contributed by atoms with E-state index in [1.165, 1.54) is 7.11 Å². The van der Waals surface area contributed by atoms with E-state index in [0.29, 0.717) is 40.1 Å². The molecule has 3 aromatic rings. The van der Waals surface area contributed by atoms with Crippen molar-refractivity contribution >= 4 is 34.9 Å². The number of rotatable bonds is 10. The number of carbonyl (C=O) groups is 1. The summed E-state index contributed by atoms with van der Waals surface area (Å²) in [6.45, 7) is 0.611. The van der Waals surface area contributed by atoms with Crippen LogP contribution >= 0.6 is 23.2 Å². The minimum atomic E-state index is -1.18. The lowest BCUT2D eigenvalue weighted by Crippen LogP contribution is -2.17. The number of oxime groups is 1. The number of aliphatic carboxylic acids is 1. The van der Waals surface area contributed by atoms with Crippen LogP contribution in [-0.2, 0) is 22.7 Å². The van der Waals surface area contributed by atoms with Gasteiger partial charge in [-0.05, 0) is 11.1 Å². The smallest absolute Gasteiger partial charge is 0.358 e. The summed E-state index contributed by atoms with van der Waals surface area (Å²) in [4.78, 5) is 16.2. The van der Waals surface area contributed by atoms with Crippen LogP contribution in [0.1, 0.15) is 16.7 Å². The number of nitrogens with zero attached hydrogens (tertiary/aromatic N) is 1. The molecule has 1 N–H and O–H groups in total. The van der Waals surface area contributed by atoms with Crippen LogP contribution in [0.25, 0.3) is 0 Å². The van der Waals surface area contributed by atoms with Crippen LogP contribution in [-0.4, -0.2) is 30.5 Å². The van der Waals surface area contributed by atoms with Gasteiger partial charge in [0.05, 0.1) is 16.7 Å². The minimum Gasteiger partial charge on any atom is -0.493 e. The Morgan fingerprint density at radius 3 is 2.28 bits per heavy atom. The standard InChI is InChI=1S/C24H21Cl2NO5/c1-30-27-22(24(28)29)19-10-6-5-9-17(19)11-12-31-18-13-20(25)23(21(26)14-18)32-15-16-7-3-2-4-8-16/h2-10,13-14H,11-12,15H2,1H3,(H,28,29). The summed E-state index contributed by atoms with van der Waals surface area (Å²) < 4.78 is 11.6. The van der Waals surface area contributed by atoms with Crippen molar-refractivity contribution in [3.63, 3.8) is 0 Å². The fourth-order valence-corrected chi connectivity index (χ4v) is 3.61. The van der Waals surface area contributed by atoms with Gasteiger partial charge in [-0.2, -0.15) is 0 Å². The van der Waals surface area contributed by atoms with Crippen molar-refractivity contribution in [2.24, 2.45) is 5.16 Å². The van der Waals surface area contributed by atoms with Crippen LogP contribution in [0.15, 0.2) is 71.9 Å². The van der Waals surface area contributed by atoms with Crippen LogP contribution in [0.3, 0.4) is 0 Å². The van der Waals surface area contributed by atoms with Gasteiger partial charge in [0.1, 0.15) is 19.5 Å². The zero-order valence-corrected chi connectivity index (χ0v) is 18.8. The maximum absolute atomic E-state index is 11.5. The highest BCUT2D eigenvalue weighted by Crippen LogP contribution is 2.37.